The van der Waals surface area contributed by atoms with Crippen LogP contribution in [-0.2, 0) is 4.79 Å². The maximum atomic E-state index is 11.9. The van der Waals surface area contributed by atoms with E-state index in [0.29, 0.717) is 12.3 Å². The molecule has 0 saturated carbocycles. The van der Waals surface area contributed by atoms with Crippen molar-refractivity contribution >= 4 is 22.9 Å². The van der Waals surface area contributed by atoms with Crippen molar-refractivity contribution in [3.8, 4) is 0 Å². The predicted octanol–water partition coefficient (Wildman–Crippen LogP) is 0.301. The van der Waals surface area contributed by atoms with Gasteiger partial charge >= 0.3 is 0 Å². The van der Waals surface area contributed by atoms with E-state index in [1.807, 2.05) is 20.8 Å². The molecule has 1 heterocycles. The highest BCUT2D eigenvalue weighted by Crippen LogP contribution is 2.17. The average molecular weight is 245 g/mol. The van der Waals surface area contributed by atoms with Crippen LogP contribution in [0.1, 0.15) is 20.8 Å². The first kappa shape index (κ1) is 13.3. The Morgan fingerprint density at radius 1 is 1.75 bits per heavy atom. The monoisotopic (exact) mass is 245 g/mol. The number of hydrogen-bond acceptors (Lipinski definition) is 4. The number of thioether (sulfide) groups is 1. The molecule has 92 valence electrons. The topological polar surface area (TPSA) is 84.2 Å². The fourth-order valence-corrected chi connectivity index (χ4v) is 2.10. The largest absolute Gasteiger partial charge is 0.348 e. The van der Waals surface area contributed by atoms with Gasteiger partial charge in [-0.3, -0.25) is 9.59 Å². The summed E-state index contributed by atoms with van der Waals surface area (Å²) in [7, 11) is 0. The summed E-state index contributed by atoms with van der Waals surface area (Å²) in [6.45, 7) is 6.31. The number of rotatable bonds is 4. The Morgan fingerprint density at radius 2 is 2.38 bits per heavy atom. The summed E-state index contributed by atoms with van der Waals surface area (Å²) in [6.07, 6.45) is 0. The van der Waals surface area contributed by atoms with E-state index in [0.717, 1.165) is 11.8 Å². The van der Waals surface area contributed by atoms with E-state index in [4.69, 9.17) is 5.73 Å². The first-order valence-corrected chi connectivity index (χ1v) is 6.33. The first-order chi connectivity index (χ1) is 7.39. The number of carbonyl (C=O) groups excluding carboxylic acids is 2. The molecule has 1 aliphatic rings. The lowest BCUT2D eigenvalue weighted by Crippen LogP contribution is -2.58. The van der Waals surface area contributed by atoms with Crippen LogP contribution < -0.4 is 16.4 Å². The van der Waals surface area contributed by atoms with Crippen LogP contribution >= 0.6 is 11.8 Å². The van der Waals surface area contributed by atoms with Crippen LogP contribution in [0.5, 0.6) is 0 Å². The Morgan fingerprint density at radius 3 is 2.75 bits per heavy atom. The number of nitrogens with one attached hydrogen (secondary N) is 2. The van der Waals surface area contributed by atoms with Gasteiger partial charge in [0, 0.05) is 12.3 Å². The number of hydrogen-bond donors (Lipinski definition) is 3. The number of carbonyl (C=O) groups is 2. The third-order valence-electron chi connectivity index (χ3n) is 3.10. The molecular weight excluding hydrogens is 226 g/mol. The van der Waals surface area contributed by atoms with Gasteiger partial charge in [0.2, 0.25) is 5.91 Å². The lowest BCUT2D eigenvalue weighted by Gasteiger charge is -2.34. The van der Waals surface area contributed by atoms with E-state index in [9.17, 15) is 9.59 Å². The summed E-state index contributed by atoms with van der Waals surface area (Å²) in [5.74, 6) is 0.579. The maximum absolute atomic E-state index is 11.9. The van der Waals surface area contributed by atoms with E-state index in [2.05, 4.69) is 10.6 Å². The van der Waals surface area contributed by atoms with Crippen molar-refractivity contribution in [2.75, 3.05) is 12.3 Å². The minimum absolute atomic E-state index is 0.140. The molecule has 1 unspecified atom stereocenters. The standard InChI is InChI=1S/C10H19N3O2S/c1-6(2)10(3,5-11)13-8(14)7-4-16-9(15)12-7/h6-7H,4-5,11H2,1-3H3,(H,12,15)(H,13,14)/t7-,10?/m0/s1. The molecule has 1 fully saturated rings. The Balaban J connectivity index is 2.59. The molecule has 4 N–H and O–H groups in total. The van der Waals surface area contributed by atoms with Crippen LogP contribution in [0.15, 0.2) is 0 Å². The summed E-state index contributed by atoms with van der Waals surface area (Å²) < 4.78 is 0. The third kappa shape index (κ3) is 2.89. The molecule has 0 aromatic rings. The van der Waals surface area contributed by atoms with Crippen molar-refractivity contribution < 1.29 is 9.59 Å². The summed E-state index contributed by atoms with van der Waals surface area (Å²) in [5, 5.41) is 5.38. The van der Waals surface area contributed by atoms with Crippen LogP contribution in [0.2, 0.25) is 0 Å². The normalized spacial score (nSPS) is 24.1. The maximum Gasteiger partial charge on any atom is 0.279 e. The molecule has 2 atom stereocenters. The van der Waals surface area contributed by atoms with Crippen LogP contribution in [0.25, 0.3) is 0 Å². The van der Waals surface area contributed by atoms with E-state index in [1.165, 1.54) is 0 Å². The molecule has 6 heteroatoms. The molecule has 0 bridgehead atoms. The summed E-state index contributed by atoms with van der Waals surface area (Å²) in [4.78, 5) is 22.8. The van der Waals surface area contributed by atoms with E-state index < -0.39 is 11.6 Å². The lowest BCUT2D eigenvalue weighted by molar-refractivity contribution is -0.124. The molecule has 5 nitrogen and oxygen atoms in total. The fourth-order valence-electron chi connectivity index (χ4n) is 1.33. The van der Waals surface area contributed by atoms with Gasteiger partial charge in [-0.05, 0) is 12.8 Å². The molecule has 0 radical (unpaired) electrons. The number of nitrogens with two attached hydrogens (primary N) is 1. The van der Waals surface area contributed by atoms with E-state index in [1.54, 1.807) is 0 Å². The smallest absolute Gasteiger partial charge is 0.279 e. The highest BCUT2D eigenvalue weighted by Gasteiger charge is 2.34. The Kier molecular flexibility index (Phi) is 4.21. The molecule has 0 aromatic heterocycles. The SMILES string of the molecule is CC(C)C(C)(CN)NC(=O)[C@@H]1CSC(=O)N1. The Bertz CT molecular complexity index is 296. The van der Waals surface area contributed by atoms with Crippen molar-refractivity contribution in [3.05, 3.63) is 0 Å². The van der Waals surface area contributed by atoms with Gasteiger partial charge in [-0.1, -0.05) is 25.6 Å². The summed E-state index contributed by atoms with van der Waals surface area (Å²) in [5.41, 5.74) is 5.25. The first-order valence-electron chi connectivity index (χ1n) is 5.34. The summed E-state index contributed by atoms with van der Waals surface area (Å²) in [6, 6.07) is -0.429. The van der Waals surface area contributed by atoms with E-state index in [-0.39, 0.29) is 17.1 Å². The van der Waals surface area contributed by atoms with Crippen LogP contribution in [0.4, 0.5) is 4.79 Å². The van der Waals surface area contributed by atoms with Crippen molar-refractivity contribution in [1.29, 1.82) is 0 Å². The van der Waals surface area contributed by atoms with Crippen molar-refractivity contribution in [2.24, 2.45) is 11.7 Å². The fraction of sp³-hybridized carbons (Fsp3) is 0.800. The van der Waals surface area contributed by atoms with E-state index >= 15 is 0 Å². The van der Waals surface area contributed by atoms with Gasteiger partial charge in [0.1, 0.15) is 6.04 Å². The molecular formula is C10H19N3O2S. The second kappa shape index (κ2) is 5.05. The van der Waals surface area contributed by atoms with Crippen LogP contribution in [0.3, 0.4) is 0 Å². The Labute approximate surface area is 99.9 Å². The average Bonchev–Trinajstić information content (AvgIpc) is 2.64. The molecule has 2 amide bonds. The van der Waals surface area contributed by atoms with Crippen LogP contribution in [0, 0.1) is 5.92 Å². The molecule has 0 spiro atoms. The van der Waals surface area contributed by atoms with Gasteiger partial charge in [0.25, 0.3) is 5.24 Å². The molecule has 0 aromatic carbocycles. The molecule has 1 saturated heterocycles. The molecule has 16 heavy (non-hydrogen) atoms. The highest BCUT2D eigenvalue weighted by molar-refractivity contribution is 8.14. The molecule has 1 aliphatic heterocycles. The molecule has 1 rings (SSSR count). The highest BCUT2D eigenvalue weighted by atomic mass is 32.2. The second-order valence-electron chi connectivity index (χ2n) is 4.56. The van der Waals surface area contributed by atoms with Crippen molar-refractivity contribution in [2.45, 2.75) is 32.4 Å². The zero-order valence-electron chi connectivity index (χ0n) is 9.87. The summed E-state index contributed by atoms with van der Waals surface area (Å²) >= 11 is 1.13. The van der Waals surface area contributed by atoms with Crippen molar-refractivity contribution in [3.63, 3.8) is 0 Å². The van der Waals surface area contributed by atoms with Gasteiger partial charge in [-0.2, -0.15) is 0 Å². The zero-order chi connectivity index (χ0) is 12.3. The van der Waals surface area contributed by atoms with Gasteiger partial charge in [0.15, 0.2) is 0 Å². The van der Waals surface area contributed by atoms with Gasteiger partial charge in [0.05, 0.1) is 5.54 Å². The van der Waals surface area contributed by atoms with Crippen molar-refractivity contribution in [1.82, 2.24) is 10.6 Å². The number of amides is 2. The van der Waals surface area contributed by atoms with Gasteiger partial charge in [-0.15, -0.1) is 0 Å². The zero-order valence-corrected chi connectivity index (χ0v) is 10.7. The predicted molar refractivity (Wildman–Crippen MR) is 65.2 cm³/mol. The quantitative estimate of drug-likeness (QED) is 0.665. The third-order valence-corrected chi connectivity index (χ3v) is 3.98. The van der Waals surface area contributed by atoms with Gasteiger partial charge < -0.3 is 16.4 Å². The minimum atomic E-state index is -0.429. The minimum Gasteiger partial charge on any atom is -0.348 e. The molecule has 0 aliphatic carbocycles. The van der Waals surface area contributed by atoms with Crippen LogP contribution in [-0.4, -0.2) is 35.0 Å². The second-order valence-corrected chi connectivity index (χ2v) is 5.55. The lowest BCUT2D eigenvalue weighted by atomic mass is 9.88. The van der Waals surface area contributed by atoms with Gasteiger partial charge in [-0.25, -0.2) is 0 Å². The Hall–Kier alpha value is -0.750.